The first kappa shape index (κ1) is 32.9. The van der Waals surface area contributed by atoms with Crippen LogP contribution < -0.4 is 14.9 Å². The van der Waals surface area contributed by atoms with Gasteiger partial charge in [0.1, 0.15) is 11.5 Å². The number of aromatic nitrogens is 1. The monoisotopic (exact) mass is 640 g/mol. The molecule has 240 valence electrons. The fourth-order valence-corrected chi connectivity index (χ4v) is 6.55. The molecule has 0 bridgehead atoms. The summed E-state index contributed by atoms with van der Waals surface area (Å²) in [6.45, 7) is 13.8. The summed E-state index contributed by atoms with van der Waals surface area (Å²) in [5, 5.41) is 0. The molecule has 0 radical (unpaired) electrons. The van der Waals surface area contributed by atoms with Crippen LogP contribution in [0.2, 0.25) is 0 Å². The van der Waals surface area contributed by atoms with Crippen molar-refractivity contribution in [1.82, 2.24) is 4.57 Å². The zero-order valence-electron chi connectivity index (χ0n) is 27.4. The summed E-state index contributed by atoms with van der Waals surface area (Å²) in [5.41, 5.74) is 4.93. The second-order valence-electron chi connectivity index (χ2n) is 11.9. The lowest BCUT2D eigenvalue weighted by molar-refractivity contribution is -0.139. The lowest BCUT2D eigenvalue weighted by atomic mass is 9.92. The number of ether oxygens (including phenoxy) is 2. The molecule has 3 heterocycles. The molecular weight excluding hydrogens is 600 g/mol. The van der Waals surface area contributed by atoms with Crippen LogP contribution in [-0.2, 0) is 14.3 Å². The second-order valence-corrected chi connectivity index (χ2v) is 12.9. The van der Waals surface area contributed by atoms with Crippen LogP contribution in [0.5, 0.6) is 0 Å². The number of fused-ring (bicyclic) bond motifs is 1. The van der Waals surface area contributed by atoms with E-state index in [0.29, 0.717) is 50.0 Å². The van der Waals surface area contributed by atoms with E-state index in [0.717, 1.165) is 23.1 Å². The van der Waals surface area contributed by atoms with Crippen molar-refractivity contribution in [2.75, 3.05) is 6.61 Å². The lowest BCUT2D eigenvalue weighted by Gasteiger charge is -2.26. The van der Waals surface area contributed by atoms with Crippen molar-refractivity contribution >= 4 is 29.4 Å². The number of hydrogen-bond acceptors (Lipinski definition) is 8. The molecule has 0 amide bonds. The SMILES string of the molecule is CCCC1=C(C(=O)OCC)[C@H](c2ccc(C(C)C)cc2)n2c(s/c(=C/c3ccc(-c4ccc(C(=O)OC(C)C)cc4C)o3)c2=O)=N1. The van der Waals surface area contributed by atoms with E-state index >= 15 is 0 Å². The maximum absolute atomic E-state index is 14.1. The molecule has 1 aliphatic heterocycles. The fraction of sp³-hybridized carbons (Fsp3) is 0.351. The number of allylic oxidation sites excluding steroid dienone is 1. The van der Waals surface area contributed by atoms with Gasteiger partial charge in [0, 0.05) is 11.6 Å². The highest BCUT2D eigenvalue weighted by molar-refractivity contribution is 7.07. The molecule has 2 aromatic carbocycles. The third-order valence-corrected chi connectivity index (χ3v) is 8.76. The van der Waals surface area contributed by atoms with Crippen LogP contribution in [0.3, 0.4) is 0 Å². The van der Waals surface area contributed by atoms with E-state index in [1.807, 2.05) is 70.2 Å². The Kier molecular flexibility index (Phi) is 9.91. The first-order chi connectivity index (χ1) is 22.0. The van der Waals surface area contributed by atoms with Crippen LogP contribution in [0.4, 0.5) is 0 Å². The first-order valence-corrected chi connectivity index (χ1v) is 16.6. The normalized spacial score (nSPS) is 14.9. The minimum Gasteiger partial charge on any atom is -0.463 e. The molecule has 4 aromatic rings. The number of carbonyl (C=O) groups is 2. The predicted octanol–water partition coefficient (Wildman–Crippen LogP) is 6.84. The highest BCUT2D eigenvalue weighted by Crippen LogP contribution is 2.33. The first-order valence-electron chi connectivity index (χ1n) is 15.8. The maximum Gasteiger partial charge on any atom is 0.338 e. The molecule has 0 unspecified atom stereocenters. The van der Waals surface area contributed by atoms with E-state index in [-0.39, 0.29) is 24.2 Å². The van der Waals surface area contributed by atoms with E-state index in [4.69, 9.17) is 18.9 Å². The Hall–Kier alpha value is -4.50. The molecule has 9 heteroatoms. The number of benzene rings is 2. The van der Waals surface area contributed by atoms with Crippen molar-refractivity contribution in [1.29, 1.82) is 0 Å². The van der Waals surface area contributed by atoms with Gasteiger partial charge in [0.2, 0.25) is 0 Å². The summed E-state index contributed by atoms with van der Waals surface area (Å²) < 4.78 is 19.0. The maximum atomic E-state index is 14.1. The van der Waals surface area contributed by atoms with Crippen LogP contribution >= 0.6 is 11.3 Å². The molecule has 0 aliphatic carbocycles. The van der Waals surface area contributed by atoms with Gasteiger partial charge in [0.05, 0.1) is 40.1 Å². The summed E-state index contributed by atoms with van der Waals surface area (Å²) in [7, 11) is 0. The third kappa shape index (κ3) is 6.70. The summed E-state index contributed by atoms with van der Waals surface area (Å²) in [6.07, 6.45) is 2.86. The van der Waals surface area contributed by atoms with Crippen molar-refractivity contribution in [2.45, 2.75) is 79.4 Å². The van der Waals surface area contributed by atoms with Crippen LogP contribution in [0.1, 0.15) is 99.2 Å². The molecular formula is C37H40N2O6S. The molecule has 5 rings (SSSR count). The minimum absolute atomic E-state index is 0.207. The molecule has 1 aliphatic rings. The topological polar surface area (TPSA) is 100 Å². The summed E-state index contributed by atoms with van der Waals surface area (Å²) in [4.78, 5) is 45.3. The Balaban J connectivity index is 1.58. The van der Waals surface area contributed by atoms with Gasteiger partial charge in [-0.2, -0.15) is 0 Å². The van der Waals surface area contributed by atoms with E-state index < -0.39 is 12.0 Å². The van der Waals surface area contributed by atoms with Crippen molar-refractivity contribution in [3.63, 3.8) is 0 Å². The molecule has 0 N–H and O–H groups in total. The number of nitrogens with zero attached hydrogens (tertiary/aromatic N) is 2. The van der Waals surface area contributed by atoms with Crippen molar-refractivity contribution in [3.8, 4) is 11.3 Å². The Labute approximate surface area is 272 Å². The molecule has 8 nitrogen and oxygen atoms in total. The van der Waals surface area contributed by atoms with Gasteiger partial charge in [-0.15, -0.1) is 0 Å². The molecule has 0 spiro atoms. The molecule has 0 fully saturated rings. The smallest absolute Gasteiger partial charge is 0.338 e. The average Bonchev–Trinajstić information content (AvgIpc) is 3.60. The highest BCUT2D eigenvalue weighted by atomic mass is 32.1. The Morgan fingerprint density at radius 1 is 1.02 bits per heavy atom. The van der Waals surface area contributed by atoms with Crippen molar-refractivity contribution < 1.29 is 23.5 Å². The zero-order valence-corrected chi connectivity index (χ0v) is 28.2. The summed E-state index contributed by atoms with van der Waals surface area (Å²) in [5.74, 6) is 0.615. The minimum atomic E-state index is -0.670. The van der Waals surface area contributed by atoms with Crippen molar-refractivity contribution in [2.24, 2.45) is 4.99 Å². The number of esters is 2. The van der Waals surface area contributed by atoms with E-state index in [1.54, 1.807) is 29.7 Å². The van der Waals surface area contributed by atoms with Crippen LogP contribution in [0.25, 0.3) is 17.4 Å². The van der Waals surface area contributed by atoms with Gasteiger partial charge < -0.3 is 13.9 Å². The summed E-state index contributed by atoms with van der Waals surface area (Å²) in [6, 6.07) is 16.4. The Morgan fingerprint density at radius 2 is 1.76 bits per heavy atom. The Bertz CT molecular complexity index is 1970. The van der Waals surface area contributed by atoms with Gasteiger partial charge in [-0.05, 0) is 81.0 Å². The van der Waals surface area contributed by atoms with Gasteiger partial charge in [-0.25, -0.2) is 14.6 Å². The molecule has 46 heavy (non-hydrogen) atoms. The highest BCUT2D eigenvalue weighted by Gasteiger charge is 2.34. The molecule has 1 atom stereocenters. The van der Waals surface area contributed by atoms with Crippen LogP contribution in [-0.4, -0.2) is 29.2 Å². The second kappa shape index (κ2) is 13.9. The van der Waals surface area contributed by atoms with Gasteiger partial charge in [0.15, 0.2) is 4.80 Å². The van der Waals surface area contributed by atoms with Gasteiger partial charge in [-0.3, -0.25) is 9.36 Å². The standard InChI is InChI=1S/C37H40N2O6S/c1-8-10-29-32(36(42)43-9-2)33(25-13-11-24(12-14-25)21(3)4)39-34(40)31(46-37(39)38-29)20-27-16-18-30(45-27)28-17-15-26(19-23(28)7)35(41)44-22(5)6/h11-22,33H,8-10H2,1-7H3/b31-20+/t33-/m0/s1. The molecule has 0 saturated heterocycles. The van der Waals surface area contributed by atoms with E-state index in [9.17, 15) is 14.4 Å². The number of thiazole rings is 1. The van der Waals surface area contributed by atoms with Crippen LogP contribution in [0, 0.1) is 6.92 Å². The van der Waals surface area contributed by atoms with Crippen molar-refractivity contribution in [3.05, 3.63) is 114 Å². The number of furan rings is 1. The Morgan fingerprint density at radius 3 is 2.39 bits per heavy atom. The quantitative estimate of drug-likeness (QED) is 0.176. The van der Waals surface area contributed by atoms with E-state index in [1.165, 1.54) is 16.9 Å². The third-order valence-electron chi connectivity index (χ3n) is 7.78. The fourth-order valence-electron chi connectivity index (χ4n) is 5.55. The largest absolute Gasteiger partial charge is 0.463 e. The zero-order chi connectivity index (χ0) is 33.1. The number of aryl methyl sites for hydroxylation is 1. The van der Waals surface area contributed by atoms with Gasteiger partial charge >= 0.3 is 11.9 Å². The van der Waals surface area contributed by atoms with Gasteiger partial charge in [-0.1, -0.05) is 68.9 Å². The lowest BCUT2D eigenvalue weighted by Crippen LogP contribution is -2.40. The van der Waals surface area contributed by atoms with Crippen LogP contribution in [0.15, 0.2) is 80.1 Å². The van der Waals surface area contributed by atoms with E-state index in [2.05, 4.69) is 13.8 Å². The molecule has 0 saturated carbocycles. The van der Waals surface area contributed by atoms with Gasteiger partial charge in [0.25, 0.3) is 5.56 Å². The number of rotatable bonds is 10. The predicted molar refractivity (Wildman–Crippen MR) is 180 cm³/mol. The average molecular weight is 641 g/mol. The number of hydrogen-bond donors (Lipinski definition) is 0. The summed E-state index contributed by atoms with van der Waals surface area (Å²) >= 11 is 1.27. The molecule has 2 aromatic heterocycles. The number of carbonyl (C=O) groups excluding carboxylic acids is 2.